The number of hydrogen-bond donors (Lipinski definition) is 23. The second kappa shape index (κ2) is 61.2. The summed E-state index contributed by atoms with van der Waals surface area (Å²) < 4.78 is 0. The van der Waals surface area contributed by atoms with Crippen LogP contribution in [0.4, 0.5) is 0 Å². The Balaban J connectivity index is 2.49. The molecule has 0 saturated carbocycles. The summed E-state index contributed by atoms with van der Waals surface area (Å²) in [7, 11) is 0. The van der Waals surface area contributed by atoms with Crippen molar-refractivity contribution in [3.05, 3.63) is 23.5 Å². The molecule has 0 bridgehead atoms. The lowest BCUT2D eigenvalue weighted by atomic mass is 9.97. The number of imide groups is 1. The fourth-order valence-electron chi connectivity index (χ4n) is 15.2. The molecular formula is C92H159N21O24. The molecule has 2 aliphatic heterocycles. The van der Waals surface area contributed by atoms with Crippen LogP contribution in [0.5, 0.6) is 0 Å². The number of rotatable bonds is 55. The minimum Gasteiger partial charge on any atom is -0.394 e. The molecule has 0 radical (unpaired) electrons. The highest BCUT2D eigenvalue weighted by atomic mass is 16.3. The number of nitrogens with zero attached hydrogens (tertiary/aromatic N) is 2. The van der Waals surface area contributed by atoms with Crippen LogP contribution in [0, 0.1) is 47.3 Å². The first kappa shape index (κ1) is 122. The van der Waals surface area contributed by atoms with Gasteiger partial charge in [0, 0.05) is 13.0 Å². The summed E-state index contributed by atoms with van der Waals surface area (Å²) in [4.78, 5) is 286. The zero-order valence-corrected chi connectivity index (χ0v) is 83.4. The zero-order valence-electron chi connectivity index (χ0n) is 83.4. The van der Waals surface area contributed by atoms with Gasteiger partial charge in [-0.2, -0.15) is 0 Å². The predicted octanol–water partition coefficient (Wildman–Crippen LogP) is -3.58. The SMILES string of the molecule is C/C=C(/NC(=O)CC(O)CCCCC)C(=O)N1CCC[C@@H]1C(=O)N[C@H](CO)C(=O)N[C@H](CC(C)C)C(=O)N[C@@H](C(=O)N[C@H](CO)C(=O)N[C@H](CC(C)C)C(=O)N[C@@H](C(=O)N[C@H](C(=O)N[C@H](CCC(N)=O)C(=O)N[C@@H](CC(C)C)C(=O)N[C@@H](C(=O)N/C(=C/C)C(=O)N1C(=O)[C@H](CCCCN)NC(=O)[C@@H](CCN)NC(=O)CNC(=O)[C@H]([C@@H](C)CC)NC(=O)[C@H]1C(C)O)C(C)C)C(C)C)C(C)C)C(C)C. The van der Waals surface area contributed by atoms with Crippen LogP contribution in [0.3, 0.4) is 0 Å². The highest BCUT2D eigenvalue weighted by molar-refractivity contribution is 6.12. The van der Waals surface area contributed by atoms with Crippen molar-refractivity contribution < 1.29 is 116 Å². The first-order valence-electron chi connectivity index (χ1n) is 47.8. The first-order valence-corrected chi connectivity index (χ1v) is 47.8. The number of nitrogens with one attached hydrogen (secondary N) is 16. The van der Waals surface area contributed by atoms with E-state index >= 15 is 9.59 Å². The molecule has 2 aliphatic rings. The molecule has 0 aromatic rings. The summed E-state index contributed by atoms with van der Waals surface area (Å²) in [6.45, 7) is 29.1. The standard InChI is InChI=1S/C92H159N21O24/c1-21-25-26-30-55(117)42-68(119)97-56(23-3)90(135)112-38-29-32-66(112)83(128)105-64(44-114)81(126)103-62(40-47(7)8)79(124)108-71(50(13)14)87(132)106-65(45-115)82(127)104-63(41-48(9)10)80(125)109-73(52(17)18)88(133)110-72(51(15)16)86(131)100-58(33-34-67(95)118)76(121)102-61(39-46(5)6)78(123)107-70(49(11)12)85(130)99-57(24-4)91(136)113-75(54(20)116)89(134)111-74(53(19)22-2)84(129)96-43-69(120)98-59(35-37-94)77(122)101-60(92(113)137)31-27-28-36-93/h23-24,46-55,58-66,70-75,114-117H,21-22,25-45,93-94H2,1-20H3,(H2,95,118)(H,96,129)(H,97,119)(H,98,120)(H,99,130)(H,100,131)(H,101,122)(H,102,121)(H,103,126)(H,104,127)(H,105,128)(H,106,132)(H,107,123)(H,108,124)(H,109,125)(H,110,133)(H,111,134)/b56-23+,57-24+/t53-,54?,55?,58+,59+,60-,61-,62+,63+,64+,65+,66+,70+,71+,72-,73+,74-,75+/m0/s1. The number of likely N-dealkylation sites (tertiary alicyclic amines) is 1. The maximum Gasteiger partial charge on any atom is 0.277 e. The van der Waals surface area contributed by atoms with Crippen molar-refractivity contribution in [2.24, 2.45) is 64.5 Å². The van der Waals surface area contributed by atoms with E-state index in [9.17, 15) is 107 Å². The molecule has 18 atom stereocenters. The van der Waals surface area contributed by atoms with E-state index in [1.54, 1.807) is 83.1 Å². The number of nitrogens with two attached hydrogens (primary N) is 3. The van der Waals surface area contributed by atoms with Crippen LogP contribution in [0.15, 0.2) is 23.5 Å². The van der Waals surface area contributed by atoms with Crippen molar-refractivity contribution >= 4 is 118 Å². The Kier molecular flexibility index (Phi) is 54.5. The van der Waals surface area contributed by atoms with Gasteiger partial charge in [0.15, 0.2) is 0 Å². The van der Waals surface area contributed by atoms with Gasteiger partial charge in [-0.3, -0.25) is 101 Å². The summed E-state index contributed by atoms with van der Waals surface area (Å²) in [6.07, 6.45) is 1.66. The van der Waals surface area contributed by atoms with Crippen LogP contribution in [-0.2, 0) is 95.9 Å². The van der Waals surface area contributed by atoms with Gasteiger partial charge in [0.25, 0.3) is 17.7 Å². The number of amides is 20. The number of aliphatic hydroxyl groups excluding tert-OH is 4. The normalized spacial score (nSPS) is 19.4. The van der Waals surface area contributed by atoms with E-state index in [1.807, 2.05) is 6.92 Å². The number of hydrogen-bond acceptors (Lipinski definition) is 26. The van der Waals surface area contributed by atoms with Crippen molar-refractivity contribution in [3.63, 3.8) is 0 Å². The molecule has 20 amide bonds. The van der Waals surface area contributed by atoms with E-state index < -0.39 is 295 Å². The van der Waals surface area contributed by atoms with Crippen LogP contribution in [0.1, 0.15) is 248 Å². The third-order valence-corrected chi connectivity index (χ3v) is 23.2. The molecule has 2 fully saturated rings. The van der Waals surface area contributed by atoms with E-state index in [4.69, 9.17) is 17.2 Å². The lowest BCUT2D eigenvalue weighted by Gasteiger charge is -2.36. The Labute approximate surface area is 803 Å². The molecule has 0 aromatic heterocycles. The fourth-order valence-corrected chi connectivity index (χ4v) is 15.2. The Bertz CT molecular complexity index is 4160. The van der Waals surface area contributed by atoms with Gasteiger partial charge in [-0.1, -0.05) is 156 Å². The number of unbranched alkanes of at least 4 members (excludes halogenated alkanes) is 3. The van der Waals surface area contributed by atoms with Crippen LogP contribution < -0.4 is 102 Å². The molecule has 2 heterocycles. The average Bonchev–Trinajstić information content (AvgIpc) is 1.00. The highest BCUT2D eigenvalue weighted by Crippen LogP contribution is 2.24. The molecule has 0 aromatic carbocycles. The summed E-state index contributed by atoms with van der Waals surface area (Å²) in [5.41, 5.74) is 16.4. The molecule has 45 nitrogen and oxygen atoms in total. The maximum absolute atomic E-state index is 15.3. The summed E-state index contributed by atoms with van der Waals surface area (Å²) in [5, 5.41) is 83.6. The quantitative estimate of drug-likeness (QED) is 0.0207. The van der Waals surface area contributed by atoms with Crippen molar-refractivity contribution in [2.45, 2.75) is 350 Å². The minimum absolute atomic E-state index is 0.0451. The van der Waals surface area contributed by atoms with Gasteiger partial charge in [0.05, 0.1) is 38.4 Å². The van der Waals surface area contributed by atoms with Gasteiger partial charge in [-0.25, -0.2) is 0 Å². The van der Waals surface area contributed by atoms with E-state index in [1.165, 1.54) is 52.5 Å². The molecule has 776 valence electrons. The zero-order chi connectivity index (χ0) is 104. The highest BCUT2D eigenvalue weighted by Gasteiger charge is 2.47. The number of allylic oxidation sites excluding steroid dienone is 2. The van der Waals surface area contributed by atoms with Gasteiger partial charge < -0.3 is 128 Å². The monoisotopic (exact) mass is 1940 g/mol. The molecule has 2 unspecified atom stereocenters. The number of carbonyl (C=O) groups excluding carboxylic acids is 20. The largest absolute Gasteiger partial charge is 0.394 e. The first-order chi connectivity index (χ1) is 64.2. The third-order valence-electron chi connectivity index (χ3n) is 23.2. The van der Waals surface area contributed by atoms with Crippen molar-refractivity contribution in [3.8, 4) is 0 Å². The fraction of sp³-hybridized carbons (Fsp3) is 0.739. The van der Waals surface area contributed by atoms with Gasteiger partial charge in [-0.05, 0) is 152 Å². The number of aliphatic hydroxyl groups is 4. The van der Waals surface area contributed by atoms with Crippen molar-refractivity contribution in [1.82, 2.24) is 94.9 Å². The molecule has 2 rings (SSSR count). The lowest BCUT2D eigenvalue weighted by molar-refractivity contribution is -0.156. The topological polar surface area (TPSA) is 699 Å². The lowest BCUT2D eigenvalue weighted by Crippen LogP contribution is -2.64. The summed E-state index contributed by atoms with van der Waals surface area (Å²) in [5.74, 6) is -24.6. The van der Waals surface area contributed by atoms with Gasteiger partial charge in [0.2, 0.25) is 100 Å². The molecular weight excluding hydrogens is 1780 g/mol. The molecule has 26 N–H and O–H groups in total. The van der Waals surface area contributed by atoms with E-state index in [0.717, 1.165) is 25.8 Å². The number of primary amides is 1. The number of carbonyl (C=O) groups is 20. The molecule has 2 saturated heterocycles. The van der Waals surface area contributed by atoms with Crippen molar-refractivity contribution in [1.29, 1.82) is 0 Å². The molecule has 0 aliphatic carbocycles. The van der Waals surface area contributed by atoms with Crippen LogP contribution in [0.25, 0.3) is 0 Å². The predicted molar refractivity (Wildman–Crippen MR) is 505 cm³/mol. The summed E-state index contributed by atoms with van der Waals surface area (Å²) in [6, 6.07) is -23.5. The summed E-state index contributed by atoms with van der Waals surface area (Å²) >= 11 is 0. The minimum atomic E-state index is -2.20. The van der Waals surface area contributed by atoms with E-state index in [0.29, 0.717) is 24.2 Å². The average molecular weight is 1940 g/mol. The Hall–Kier alpha value is -11.2. The van der Waals surface area contributed by atoms with Gasteiger partial charge in [-0.15, -0.1) is 0 Å². The third kappa shape index (κ3) is 40.4. The van der Waals surface area contributed by atoms with Gasteiger partial charge in [0.1, 0.15) is 102 Å². The molecule has 137 heavy (non-hydrogen) atoms. The van der Waals surface area contributed by atoms with Crippen LogP contribution >= 0.6 is 0 Å². The Morgan fingerprint density at radius 3 is 1.34 bits per heavy atom. The maximum atomic E-state index is 15.3. The van der Waals surface area contributed by atoms with Crippen molar-refractivity contribution in [2.75, 3.05) is 39.4 Å². The smallest absolute Gasteiger partial charge is 0.277 e. The Morgan fingerprint density at radius 1 is 0.467 bits per heavy atom. The van der Waals surface area contributed by atoms with E-state index in [-0.39, 0.29) is 101 Å². The van der Waals surface area contributed by atoms with Gasteiger partial charge >= 0.3 is 0 Å². The van der Waals surface area contributed by atoms with Crippen LogP contribution in [-0.4, -0.2) is 291 Å². The van der Waals surface area contributed by atoms with Crippen LogP contribution in [0.2, 0.25) is 0 Å². The molecule has 0 spiro atoms. The second-order valence-electron chi connectivity index (χ2n) is 37.8. The molecule has 45 heteroatoms. The second-order valence-corrected chi connectivity index (χ2v) is 37.8. The van der Waals surface area contributed by atoms with E-state index in [2.05, 4.69) is 85.1 Å². The Morgan fingerprint density at radius 2 is 0.905 bits per heavy atom.